The quantitative estimate of drug-likeness (QED) is 0.299. The molecule has 0 spiro atoms. The molecule has 2 aromatic rings. The second kappa shape index (κ2) is 5.83. The topological polar surface area (TPSA) is 88.9 Å². The standard InChI is InChI=1S/C12H13N3O3S/c1-2-3-6-19-12-13-10-5-4-8(15(17)18)7-9(10)11(16)14-12/h4-5,7H,2-3,6H2,1H3,(H,13,14,16). The minimum absolute atomic E-state index is 0.105. The molecule has 0 unspecified atom stereocenters. The number of thioether (sulfide) groups is 1. The van der Waals surface area contributed by atoms with Gasteiger partial charge in [0, 0.05) is 17.9 Å². The molecule has 6 nitrogen and oxygen atoms in total. The third-order valence-corrected chi connectivity index (χ3v) is 3.57. The zero-order valence-corrected chi connectivity index (χ0v) is 11.2. The monoisotopic (exact) mass is 279 g/mol. The van der Waals surface area contributed by atoms with Crippen molar-refractivity contribution in [3.8, 4) is 0 Å². The van der Waals surface area contributed by atoms with E-state index in [2.05, 4.69) is 16.9 Å². The normalized spacial score (nSPS) is 10.8. The maximum atomic E-state index is 11.9. The zero-order chi connectivity index (χ0) is 13.8. The van der Waals surface area contributed by atoms with Gasteiger partial charge in [0.1, 0.15) is 0 Å². The Morgan fingerprint density at radius 3 is 2.95 bits per heavy atom. The van der Waals surface area contributed by atoms with Crippen molar-refractivity contribution in [2.75, 3.05) is 5.75 Å². The average molecular weight is 279 g/mol. The molecule has 2 rings (SSSR count). The molecule has 0 fully saturated rings. The Kier molecular flexibility index (Phi) is 4.16. The van der Waals surface area contributed by atoms with Crippen LogP contribution in [0.15, 0.2) is 28.2 Å². The van der Waals surface area contributed by atoms with Crippen LogP contribution in [0.4, 0.5) is 5.69 Å². The zero-order valence-electron chi connectivity index (χ0n) is 10.4. The number of nitro benzene ring substituents is 1. The van der Waals surface area contributed by atoms with Crippen molar-refractivity contribution in [1.29, 1.82) is 0 Å². The summed E-state index contributed by atoms with van der Waals surface area (Å²) in [5.74, 6) is 0.887. The summed E-state index contributed by atoms with van der Waals surface area (Å²) in [7, 11) is 0. The second-order valence-corrected chi connectivity index (χ2v) is 5.12. The van der Waals surface area contributed by atoms with Crippen LogP contribution in [0.1, 0.15) is 19.8 Å². The summed E-state index contributed by atoms with van der Waals surface area (Å²) in [6.45, 7) is 2.09. The number of H-pyrrole nitrogens is 1. The number of benzene rings is 1. The van der Waals surface area contributed by atoms with E-state index in [1.807, 2.05) is 0 Å². The Balaban J connectivity index is 2.39. The number of non-ortho nitro benzene ring substituents is 1. The Morgan fingerprint density at radius 2 is 2.26 bits per heavy atom. The lowest BCUT2D eigenvalue weighted by Gasteiger charge is -2.02. The highest BCUT2D eigenvalue weighted by molar-refractivity contribution is 7.99. The van der Waals surface area contributed by atoms with Gasteiger partial charge in [-0.1, -0.05) is 25.1 Å². The molecule has 1 heterocycles. The number of nitro groups is 1. The van der Waals surface area contributed by atoms with E-state index in [4.69, 9.17) is 0 Å². The van der Waals surface area contributed by atoms with Crippen molar-refractivity contribution < 1.29 is 4.92 Å². The van der Waals surface area contributed by atoms with Crippen LogP contribution >= 0.6 is 11.8 Å². The van der Waals surface area contributed by atoms with E-state index in [0.29, 0.717) is 10.7 Å². The Morgan fingerprint density at radius 1 is 1.47 bits per heavy atom. The van der Waals surface area contributed by atoms with E-state index in [1.165, 1.54) is 30.0 Å². The summed E-state index contributed by atoms with van der Waals surface area (Å²) in [4.78, 5) is 29.0. The molecule has 0 bridgehead atoms. The summed E-state index contributed by atoms with van der Waals surface area (Å²) in [6, 6.07) is 4.11. The van der Waals surface area contributed by atoms with Crippen LogP contribution in [0, 0.1) is 10.1 Å². The molecule has 0 saturated heterocycles. The van der Waals surface area contributed by atoms with Gasteiger partial charge in [0.05, 0.1) is 15.8 Å². The largest absolute Gasteiger partial charge is 0.301 e. The van der Waals surface area contributed by atoms with Gasteiger partial charge < -0.3 is 4.98 Å². The van der Waals surface area contributed by atoms with Gasteiger partial charge in [-0.2, -0.15) is 0 Å². The summed E-state index contributed by atoms with van der Waals surface area (Å²) in [5.41, 5.74) is 0.0345. The van der Waals surface area contributed by atoms with Crippen LogP contribution < -0.4 is 5.56 Å². The number of hydrogen-bond acceptors (Lipinski definition) is 5. The van der Waals surface area contributed by atoms with Gasteiger partial charge in [-0.15, -0.1) is 0 Å². The molecule has 100 valence electrons. The van der Waals surface area contributed by atoms with Crippen molar-refractivity contribution in [3.63, 3.8) is 0 Å². The van der Waals surface area contributed by atoms with Crippen molar-refractivity contribution >= 4 is 28.4 Å². The maximum absolute atomic E-state index is 11.9. The summed E-state index contributed by atoms with van der Waals surface area (Å²) >= 11 is 1.48. The minimum atomic E-state index is -0.525. The number of unbranched alkanes of at least 4 members (excludes halogenated alkanes) is 1. The summed E-state index contributed by atoms with van der Waals surface area (Å²) in [5, 5.41) is 11.5. The maximum Gasteiger partial charge on any atom is 0.270 e. The molecule has 0 amide bonds. The van der Waals surface area contributed by atoms with Gasteiger partial charge in [0.15, 0.2) is 5.16 Å². The molecule has 0 radical (unpaired) electrons. The number of nitrogens with zero attached hydrogens (tertiary/aromatic N) is 2. The van der Waals surface area contributed by atoms with E-state index in [-0.39, 0.29) is 16.6 Å². The second-order valence-electron chi connectivity index (χ2n) is 4.03. The highest BCUT2D eigenvalue weighted by Gasteiger charge is 2.10. The number of rotatable bonds is 5. The number of aromatic amines is 1. The molecular formula is C12H13N3O3S. The fraction of sp³-hybridized carbons (Fsp3) is 0.333. The highest BCUT2D eigenvalue weighted by Crippen LogP contribution is 2.19. The van der Waals surface area contributed by atoms with Crippen LogP contribution in [-0.4, -0.2) is 20.6 Å². The molecule has 0 saturated carbocycles. The smallest absolute Gasteiger partial charge is 0.270 e. The SMILES string of the molecule is CCCCSc1nc2ccc([N+](=O)[O-])cc2c(=O)[nH]1. The van der Waals surface area contributed by atoms with Crippen LogP contribution in [0.2, 0.25) is 0 Å². The van der Waals surface area contributed by atoms with Gasteiger partial charge in [-0.25, -0.2) is 4.98 Å². The van der Waals surface area contributed by atoms with Gasteiger partial charge in [0.2, 0.25) is 0 Å². The number of aromatic nitrogens is 2. The molecule has 19 heavy (non-hydrogen) atoms. The van der Waals surface area contributed by atoms with E-state index < -0.39 is 4.92 Å². The number of fused-ring (bicyclic) bond motifs is 1. The molecule has 0 atom stereocenters. The first-order valence-electron chi connectivity index (χ1n) is 5.93. The molecule has 7 heteroatoms. The van der Waals surface area contributed by atoms with Gasteiger partial charge in [0.25, 0.3) is 11.2 Å². The molecule has 0 aliphatic carbocycles. The minimum Gasteiger partial charge on any atom is -0.301 e. The molecule has 0 aliphatic heterocycles. The fourth-order valence-electron chi connectivity index (χ4n) is 1.60. The van der Waals surface area contributed by atoms with Gasteiger partial charge in [-0.3, -0.25) is 14.9 Å². The van der Waals surface area contributed by atoms with E-state index in [1.54, 1.807) is 0 Å². The van der Waals surface area contributed by atoms with E-state index in [0.717, 1.165) is 18.6 Å². The fourth-order valence-corrected chi connectivity index (χ4v) is 2.55. The lowest BCUT2D eigenvalue weighted by Crippen LogP contribution is -2.09. The van der Waals surface area contributed by atoms with Crippen molar-refractivity contribution in [2.45, 2.75) is 24.9 Å². The lowest BCUT2D eigenvalue weighted by atomic mass is 10.2. The van der Waals surface area contributed by atoms with Crippen molar-refractivity contribution in [3.05, 3.63) is 38.7 Å². The molecular weight excluding hydrogens is 266 g/mol. The van der Waals surface area contributed by atoms with Crippen LogP contribution in [0.3, 0.4) is 0 Å². The van der Waals surface area contributed by atoms with E-state index in [9.17, 15) is 14.9 Å². The summed E-state index contributed by atoms with van der Waals surface area (Å²) in [6.07, 6.45) is 2.13. The van der Waals surface area contributed by atoms with Crippen LogP contribution in [-0.2, 0) is 0 Å². The third-order valence-electron chi connectivity index (χ3n) is 2.61. The number of nitrogens with one attached hydrogen (secondary N) is 1. The molecule has 0 aliphatic rings. The lowest BCUT2D eigenvalue weighted by molar-refractivity contribution is -0.384. The van der Waals surface area contributed by atoms with E-state index >= 15 is 0 Å². The Hall–Kier alpha value is -1.89. The highest BCUT2D eigenvalue weighted by atomic mass is 32.2. The molecule has 1 N–H and O–H groups in total. The van der Waals surface area contributed by atoms with Crippen LogP contribution in [0.25, 0.3) is 10.9 Å². The predicted molar refractivity (Wildman–Crippen MR) is 74.7 cm³/mol. The first-order chi connectivity index (χ1) is 9.11. The average Bonchev–Trinajstić information content (AvgIpc) is 2.38. The first kappa shape index (κ1) is 13.5. The van der Waals surface area contributed by atoms with Gasteiger partial charge >= 0.3 is 0 Å². The van der Waals surface area contributed by atoms with Gasteiger partial charge in [-0.05, 0) is 12.5 Å². The molecule has 1 aromatic heterocycles. The Labute approximate surface area is 113 Å². The predicted octanol–water partition coefficient (Wildman–Crippen LogP) is 2.72. The third kappa shape index (κ3) is 3.11. The van der Waals surface area contributed by atoms with Crippen molar-refractivity contribution in [1.82, 2.24) is 9.97 Å². The van der Waals surface area contributed by atoms with Crippen LogP contribution in [0.5, 0.6) is 0 Å². The van der Waals surface area contributed by atoms with Crippen molar-refractivity contribution in [2.24, 2.45) is 0 Å². The molecule has 1 aromatic carbocycles. The first-order valence-corrected chi connectivity index (χ1v) is 6.91. The summed E-state index contributed by atoms with van der Waals surface area (Å²) < 4.78 is 0. The number of hydrogen-bond donors (Lipinski definition) is 1. The Bertz CT molecular complexity index is 669.